The lowest BCUT2D eigenvalue weighted by molar-refractivity contribution is 0.0947. The van der Waals surface area contributed by atoms with Gasteiger partial charge in [0.25, 0.3) is 5.91 Å². The third-order valence-corrected chi connectivity index (χ3v) is 5.19. The lowest BCUT2D eigenvalue weighted by atomic mass is 9.99. The molecular formula is C23H21FN6O. The summed E-state index contributed by atoms with van der Waals surface area (Å²) < 4.78 is 17.9. The number of hydrogen-bond acceptors (Lipinski definition) is 4. The van der Waals surface area contributed by atoms with Crippen molar-refractivity contribution in [2.45, 2.75) is 0 Å². The topological polar surface area (TPSA) is 102 Å². The maximum absolute atomic E-state index is 14.4. The fraction of sp³-hybridized carbons (Fsp3) is 0.174. The van der Waals surface area contributed by atoms with E-state index < -0.39 is 5.82 Å². The second kappa shape index (κ2) is 8.05. The summed E-state index contributed by atoms with van der Waals surface area (Å²) in [7, 11) is 3.65. The zero-order valence-electron chi connectivity index (χ0n) is 17.2. The number of nitriles is 1. The number of aryl methyl sites for hydroxylation is 1. The van der Waals surface area contributed by atoms with Gasteiger partial charge in [-0.05, 0) is 41.5 Å². The lowest BCUT2D eigenvalue weighted by Gasteiger charge is -2.11. The molecule has 0 spiro atoms. The van der Waals surface area contributed by atoms with Crippen LogP contribution in [0.15, 0.2) is 48.7 Å². The van der Waals surface area contributed by atoms with Gasteiger partial charge in [-0.1, -0.05) is 12.1 Å². The third kappa shape index (κ3) is 3.67. The summed E-state index contributed by atoms with van der Waals surface area (Å²) in [5.74, 6) is -0.872. The summed E-state index contributed by atoms with van der Waals surface area (Å²) in [6, 6.07) is 13.8. The Morgan fingerprint density at radius 1 is 1.19 bits per heavy atom. The summed E-state index contributed by atoms with van der Waals surface area (Å²) in [4.78, 5) is 12.7. The third-order valence-electron chi connectivity index (χ3n) is 5.19. The Hall–Kier alpha value is -3.96. The zero-order valence-corrected chi connectivity index (χ0v) is 17.2. The van der Waals surface area contributed by atoms with E-state index >= 15 is 0 Å². The maximum atomic E-state index is 14.4. The molecular weight excluding hydrogens is 395 g/mol. The van der Waals surface area contributed by atoms with Crippen LogP contribution in [0.1, 0.15) is 16.1 Å². The number of carbonyl (C=O) groups is 1. The standard InChI is InChI=1S/C23H21FN6O/c1-29-13-17-9-15(5-6-20(17)28-29)22-18(14-3-4-16(12-26)19(24)10-14)11-21(30(22)2)23(31)27-8-7-25/h3-6,9-11,13H,7-8,25H2,1-2H3,(H,27,31). The molecule has 0 radical (unpaired) electrons. The monoisotopic (exact) mass is 416 g/mol. The summed E-state index contributed by atoms with van der Waals surface area (Å²) in [5, 5.41) is 17.2. The average molecular weight is 416 g/mol. The molecule has 0 aliphatic heterocycles. The first-order chi connectivity index (χ1) is 14.9. The van der Waals surface area contributed by atoms with Gasteiger partial charge in [0, 0.05) is 44.3 Å². The number of hydrogen-bond donors (Lipinski definition) is 2. The number of amides is 1. The van der Waals surface area contributed by atoms with Crippen molar-refractivity contribution in [3.63, 3.8) is 0 Å². The van der Waals surface area contributed by atoms with E-state index in [2.05, 4.69) is 10.4 Å². The van der Waals surface area contributed by atoms with Gasteiger partial charge in [0.05, 0.1) is 16.8 Å². The molecule has 8 heteroatoms. The molecule has 0 bridgehead atoms. The largest absolute Gasteiger partial charge is 0.349 e. The molecule has 4 rings (SSSR count). The number of aromatic nitrogens is 3. The predicted octanol–water partition coefficient (Wildman–Crippen LogP) is 2.95. The van der Waals surface area contributed by atoms with Crippen LogP contribution in [0.2, 0.25) is 0 Å². The van der Waals surface area contributed by atoms with Crippen molar-refractivity contribution in [2.24, 2.45) is 19.8 Å². The van der Waals surface area contributed by atoms with Gasteiger partial charge < -0.3 is 15.6 Å². The Labute approximate surface area is 178 Å². The Morgan fingerprint density at radius 3 is 2.68 bits per heavy atom. The van der Waals surface area contributed by atoms with E-state index in [1.54, 1.807) is 28.4 Å². The van der Waals surface area contributed by atoms with E-state index in [0.717, 1.165) is 22.2 Å². The maximum Gasteiger partial charge on any atom is 0.267 e. The van der Waals surface area contributed by atoms with Crippen molar-refractivity contribution in [3.8, 4) is 28.5 Å². The van der Waals surface area contributed by atoms with Gasteiger partial charge in [-0.3, -0.25) is 9.48 Å². The van der Waals surface area contributed by atoms with Crippen LogP contribution in [0.4, 0.5) is 4.39 Å². The number of carbonyl (C=O) groups excluding carboxylic acids is 1. The Kier molecular flexibility index (Phi) is 5.28. The highest BCUT2D eigenvalue weighted by Gasteiger charge is 2.21. The average Bonchev–Trinajstić information content (AvgIpc) is 3.30. The molecule has 3 N–H and O–H groups in total. The second-order valence-electron chi connectivity index (χ2n) is 7.28. The van der Waals surface area contributed by atoms with E-state index in [4.69, 9.17) is 11.0 Å². The highest BCUT2D eigenvalue weighted by molar-refractivity contribution is 5.98. The molecule has 0 saturated carbocycles. The number of fused-ring (bicyclic) bond motifs is 1. The Morgan fingerprint density at radius 2 is 1.97 bits per heavy atom. The first kappa shape index (κ1) is 20.3. The molecule has 0 unspecified atom stereocenters. The van der Waals surface area contributed by atoms with Crippen molar-refractivity contribution >= 4 is 16.8 Å². The molecule has 7 nitrogen and oxygen atoms in total. The number of nitrogens with zero attached hydrogens (tertiary/aromatic N) is 4. The number of nitrogens with two attached hydrogens (primary N) is 1. The fourth-order valence-electron chi connectivity index (χ4n) is 3.74. The molecule has 0 atom stereocenters. The zero-order chi connectivity index (χ0) is 22.1. The molecule has 0 fully saturated rings. The van der Waals surface area contributed by atoms with Gasteiger partial charge in [0.15, 0.2) is 0 Å². The quantitative estimate of drug-likeness (QED) is 0.522. The van der Waals surface area contributed by atoms with Crippen LogP contribution in [0.25, 0.3) is 33.3 Å². The molecule has 4 aromatic rings. The van der Waals surface area contributed by atoms with Crippen LogP contribution < -0.4 is 11.1 Å². The van der Waals surface area contributed by atoms with Crippen molar-refractivity contribution < 1.29 is 9.18 Å². The smallest absolute Gasteiger partial charge is 0.267 e. The van der Waals surface area contributed by atoms with Gasteiger partial charge >= 0.3 is 0 Å². The van der Waals surface area contributed by atoms with E-state index in [0.29, 0.717) is 29.9 Å². The number of halogens is 1. The molecule has 1 amide bonds. The van der Waals surface area contributed by atoms with Gasteiger partial charge in [0.2, 0.25) is 0 Å². The minimum atomic E-state index is -0.605. The highest BCUT2D eigenvalue weighted by atomic mass is 19.1. The van der Waals surface area contributed by atoms with Crippen LogP contribution in [0, 0.1) is 17.1 Å². The van der Waals surface area contributed by atoms with Crippen LogP contribution in [0.3, 0.4) is 0 Å². The van der Waals surface area contributed by atoms with E-state index in [-0.39, 0.29) is 11.5 Å². The number of rotatable bonds is 5. The van der Waals surface area contributed by atoms with Crippen LogP contribution >= 0.6 is 0 Å². The SMILES string of the molecule is Cn1cc2cc(-c3c(-c4ccc(C#N)c(F)c4)cc(C(=O)NCCN)n3C)ccc2n1. The number of nitrogens with one attached hydrogen (secondary N) is 1. The van der Waals surface area contributed by atoms with Crippen molar-refractivity contribution in [1.82, 2.24) is 19.7 Å². The molecule has 0 saturated heterocycles. The summed E-state index contributed by atoms with van der Waals surface area (Å²) in [6.07, 6.45) is 1.91. The molecule has 0 aliphatic carbocycles. The number of benzene rings is 2. The molecule has 0 aliphatic rings. The normalized spacial score (nSPS) is 10.9. The predicted molar refractivity (Wildman–Crippen MR) is 117 cm³/mol. The van der Waals surface area contributed by atoms with Gasteiger partial charge in [-0.2, -0.15) is 10.4 Å². The molecule has 156 valence electrons. The first-order valence-corrected chi connectivity index (χ1v) is 9.74. The van der Waals surface area contributed by atoms with Crippen LogP contribution in [-0.2, 0) is 14.1 Å². The van der Waals surface area contributed by atoms with E-state index in [1.165, 1.54) is 12.1 Å². The molecule has 2 heterocycles. The van der Waals surface area contributed by atoms with Crippen molar-refractivity contribution in [1.29, 1.82) is 5.26 Å². The molecule has 31 heavy (non-hydrogen) atoms. The lowest BCUT2D eigenvalue weighted by Crippen LogP contribution is -2.30. The molecule has 2 aromatic heterocycles. The van der Waals surface area contributed by atoms with Crippen LogP contribution in [-0.4, -0.2) is 33.3 Å². The highest BCUT2D eigenvalue weighted by Crippen LogP contribution is 2.36. The Bertz CT molecular complexity index is 1340. The van der Waals surface area contributed by atoms with Crippen LogP contribution in [0.5, 0.6) is 0 Å². The minimum absolute atomic E-state index is 0.0288. The molecule has 2 aromatic carbocycles. The fourth-order valence-corrected chi connectivity index (χ4v) is 3.74. The van der Waals surface area contributed by atoms with Gasteiger partial charge in [-0.15, -0.1) is 0 Å². The first-order valence-electron chi connectivity index (χ1n) is 9.74. The summed E-state index contributed by atoms with van der Waals surface area (Å²) in [6.45, 7) is 0.677. The van der Waals surface area contributed by atoms with Crippen molar-refractivity contribution in [2.75, 3.05) is 13.1 Å². The second-order valence-corrected chi connectivity index (χ2v) is 7.28. The van der Waals surface area contributed by atoms with E-state index in [9.17, 15) is 9.18 Å². The minimum Gasteiger partial charge on any atom is -0.349 e. The van der Waals surface area contributed by atoms with E-state index in [1.807, 2.05) is 37.5 Å². The van der Waals surface area contributed by atoms with Crippen molar-refractivity contribution in [3.05, 3.63) is 65.7 Å². The van der Waals surface area contributed by atoms with Gasteiger partial charge in [-0.25, -0.2) is 4.39 Å². The summed E-state index contributed by atoms with van der Waals surface area (Å²) in [5.41, 5.74) is 9.64. The van der Waals surface area contributed by atoms with Gasteiger partial charge in [0.1, 0.15) is 17.6 Å². The Balaban J connectivity index is 1.92. The summed E-state index contributed by atoms with van der Waals surface area (Å²) >= 11 is 0.